The van der Waals surface area contributed by atoms with Crippen LogP contribution in [0.15, 0.2) is 18.2 Å². The lowest BCUT2D eigenvalue weighted by molar-refractivity contribution is -0.141. The number of nitrogens with one attached hydrogen (secondary N) is 1. The van der Waals surface area contributed by atoms with E-state index in [1.54, 1.807) is 12.0 Å². The second kappa shape index (κ2) is 10.9. The normalized spacial score (nSPS) is 32.0. The van der Waals surface area contributed by atoms with E-state index in [0.29, 0.717) is 23.1 Å². The number of benzene rings is 1. The first-order chi connectivity index (χ1) is 20.7. The number of rotatable bonds is 2. The molecule has 1 aromatic carbocycles. The largest absolute Gasteiger partial charge is 0.497 e. The number of hydrogen-bond acceptors (Lipinski definition) is 8. The first-order valence-corrected chi connectivity index (χ1v) is 16.1. The average Bonchev–Trinajstić information content (AvgIpc) is 3.84. The fraction of sp³-hybridized carbons (Fsp3) is 0.676. The molecule has 10 nitrogen and oxygen atoms in total. The van der Waals surface area contributed by atoms with E-state index in [9.17, 15) is 14.4 Å². The Balaban J connectivity index is 1.41. The van der Waals surface area contributed by atoms with Gasteiger partial charge in [-0.1, -0.05) is 40.5 Å². The van der Waals surface area contributed by atoms with Crippen molar-refractivity contribution < 1.29 is 28.6 Å². The molecule has 6 atom stereocenters. The quantitative estimate of drug-likeness (QED) is 0.486. The zero-order chi connectivity index (χ0) is 31.6. The Morgan fingerprint density at radius 1 is 1.11 bits per heavy atom. The van der Waals surface area contributed by atoms with E-state index < -0.39 is 35.3 Å². The van der Waals surface area contributed by atoms with Gasteiger partial charge in [0.15, 0.2) is 5.78 Å². The summed E-state index contributed by atoms with van der Waals surface area (Å²) in [7, 11) is 1.62. The van der Waals surface area contributed by atoms with E-state index in [1.165, 1.54) is 6.92 Å². The number of aromatic nitrogens is 2. The molecule has 1 N–H and O–H groups in total. The van der Waals surface area contributed by atoms with Gasteiger partial charge < -0.3 is 24.4 Å². The van der Waals surface area contributed by atoms with Crippen molar-refractivity contribution in [3.05, 3.63) is 23.9 Å². The van der Waals surface area contributed by atoms with E-state index in [1.807, 2.05) is 52.8 Å². The summed E-state index contributed by atoms with van der Waals surface area (Å²) in [6.45, 7) is 11.3. The minimum absolute atomic E-state index is 0.111. The lowest BCUT2D eigenvalue weighted by Gasteiger charge is -2.35. The molecule has 6 rings (SSSR count). The number of ketones is 1. The fourth-order valence-electron chi connectivity index (χ4n) is 7.38. The van der Waals surface area contributed by atoms with Gasteiger partial charge in [-0.25, -0.2) is 14.8 Å². The molecule has 0 unspecified atom stereocenters. The molecule has 3 heterocycles. The maximum Gasteiger partial charge on any atom is 0.408 e. The fourth-order valence-corrected chi connectivity index (χ4v) is 7.38. The summed E-state index contributed by atoms with van der Waals surface area (Å²) in [5, 5.41) is 2.88. The Hall–Kier alpha value is -3.43. The topological polar surface area (TPSA) is 120 Å². The molecule has 1 spiro atoms. The molecule has 2 aliphatic heterocycles. The van der Waals surface area contributed by atoms with Gasteiger partial charge in [0.05, 0.1) is 30.7 Å². The van der Waals surface area contributed by atoms with Crippen LogP contribution in [-0.2, 0) is 19.7 Å². The zero-order valence-electron chi connectivity index (χ0n) is 27.1. The van der Waals surface area contributed by atoms with Crippen molar-refractivity contribution in [2.24, 2.45) is 17.3 Å². The number of ether oxygens (including phenoxy) is 3. The summed E-state index contributed by atoms with van der Waals surface area (Å²) in [6.07, 6.45) is 5.76. The highest BCUT2D eigenvalue weighted by atomic mass is 16.6. The second-order valence-corrected chi connectivity index (χ2v) is 14.9. The van der Waals surface area contributed by atoms with Crippen LogP contribution in [0.2, 0.25) is 0 Å². The van der Waals surface area contributed by atoms with E-state index in [0.717, 1.165) is 56.2 Å². The van der Waals surface area contributed by atoms with Crippen molar-refractivity contribution in [2.45, 2.75) is 116 Å². The van der Waals surface area contributed by atoms with Gasteiger partial charge in [0.25, 0.3) is 0 Å². The number of Topliss-reactive ketones (excluding diaryl/α,β-unsaturated/α-hetero) is 1. The van der Waals surface area contributed by atoms with E-state index >= 15 is 0 Å². The monoisotopic (exact) mass is 606 g/mol. The van der Waals surface area contributed by atoms with Crippen LogP contribution in [0.25, 0.3) is 11.0 Å². The van der Waals surface area contributed by atoms with E-state index in [4.69, 9.17) is 24.2 Å². The summed E-state index contributed by atoms with van der Waals surface area (Å²) in [5.41, 5.74) is 1.06. The molecule has 1 saturated heterocycles. The third-order valence-corrected chi connectivity index (χ3v) is 10.5. The summed E-state index contributed by atoms with van der Waals surface area (Å²) >= 11 is 0. The first-order valence-electron chi connectivity index (χ1n) is 16.1. The van der Waals surface area contributed by atoms with Gasteiger partial charge in [-0.05, 0) is 63.5 Å². The summed E-state index contributed by atoms with van der Waals surface area (Å²) in [5.74, 6) is 0.702. The number of carbonyl (C=O) groups excluding carboxylic acids is 3. The van der Waals surface area contributed by atoms with Gasteiger partial charge in [-0.3, -0.25) is 9.59 Å². The average molecular weight is 607 g/mol. The predicted molar refractivity (Wildman–Crippen MR) is 165 cm³/mol. The zero-order valence-corrected chi connectivity index (χ0v) is 27.1. The highest BCUT2D eigenvalue weighted by molar-refractivity contribution is 5.92. The van der Waals surface area contributed by atoms with Crippen LogP contribution in [0.3, 0.4) is 0 Å². The molecule has 1 aromatic heterocycles. The number of methoxy groups -OCH3 is 1. The third-order valence-electron chi connectivity index (χ3n) is 10.5. The van der Waals surface area contributed by atoms with Gasteiger partial charge in [0.2, 0.25) is 11.8 Å². The van der Waals surface area contributed by atoms with Crippen LogP contribution in [0.1, 0.15) is 92.2 Å². The molecular formula is C34H46N4O6. The molecule has 4 aliphatic rings. The maximum absolute atomic E-state index is 14.2. The molecule has 2 aliphatic carbocycles. The van der Waals surface area contributed by atoms with E-state index in [-0.39, 0.29) is 29.6 Å². The predicted octanol–water partition coefficient (Wildman–Crippen LogP) is 5.35. The van der Waals surface area contributed by atoms with Crippen LogP contribution in [-0.4, -0.2) is 70.1 Å². The molecular weight excluding hydrogens is 560 g/mol. The SMILES string of the molecule is COc1ccc2nc3c(nc2c1)O[C@H]1CN(C(=O)[C@H](C(C)(C)C)NC(=O)O[C@]2(C)C[C@H]2CCCCC32CC2)[C@H](C(C)=O)[C@@H]1C. The van der Waals surface area contributed by atoms with Crippen molar-refractivity contribution in [3.8, 4) is 11.6 Å². The minimum Gasteiger partial charge on any atom is -0.497 e. The maximum atomic E-state index is 14.2. The Kier molecular flexibility index (Phi) is 7.56. The van der Waals surface area contributed by atoms with Gasteiger partial charge in [0, 0.05) is 23.3 Å². The van der Waals surface area contributed by atoms with E-state index in [2.05, 4.69) is 5.32 Å². The lowest BCUT2D eigenvalue weighted by Crippen LogP contribution is -2.57. The Labute approximate surface area is 259 Å². The molecule has 3 fully saturated rings. The van der Waals surface area contributed by atoms with Gasteiger partial charge in [0.1, 0.15) is 29.2 Å². The molecule has 2 bridgehead atoms. The van der Waals surface area contributed by atoms with Crippen molar-refractivity contribution in [1.82, 2.24) is 20.2 Å². The summed E-state index contributed by atoms with van der Waals surface area (Å²) in [6, 6.07) is 4.09. The number of amides is 2. The molecule has 0 radical (unpaired) electrons. The molecule has 10 heteroatoms. The summed E-state index contributed by atoms with van der Waals surface area (Å²) < 4.78 is 18.1. The first kappa shape index (κ1) is 30.6. The van der Waals surface area contributed by atoms with Gasteiger partial charge in [-0.15, -0.1) is 0 Å². The number of nitrogens with zero attached hydrogens (tertiary/aromatic N) is 3. The van der Waals surface area contributed by atoms with Crippen molar-refractivity contribution >= 4 is 28.8 Å². The standard InChI is InChI=1S/C34H46N4O6/c1-19-25-18-38(26(19)20(2)39)30(40)28(32(3,4)5)37-31(41)44-33(6)17-21(33)10-8-9-13-34(14-15-34)27-29(43-25)36-24-16-22(42-7)11-12-23(24)35-27/h11-12,16,19,21,25-26,28H,8-10,13-15,17-18H2,1-7H3,(H,37,41)/t19-,21-,25+,26+,28-,33-/m1/s1. The molecule has 2 saturated carbocycles. The van der Waals surface area contributed by atoms with Gasteiger partial charge in [-0.2, -0.15) is 0 Å². The molecule has 2 amide bonds. The third kappa shape index (κ3) is 5.60. The highest BCUT2D eigenvalue weighted by Crippen LogP contribution is 2.55. The van der Waals surface area contributed by atoms with Gasteiger partial charge >= 0.3 is 6.09 Å². The van der Waals surface area contributed by atoms with Crippen LogP contribution >= 0.6 is 0 Å². The Morgan fingerprint density at radius 2 is 1.86 bits per heavy atom. The second-order valence-electron chi connectivity index (χ2n) is 14.9. The molecule has 44 heavy (non-hydrogen) atoms. The number of hydrogen-bond donors (Lipinski definition) is 1. The number of fused-ring (bicyclic) bond motifs is 6. The van der Waals surface area contributed by atoms with Crippen molar-refractivity contribution in [2.75, 3.05) is 13.7 Å². The number of alkyl carbamates (subject to hydrolysis) is 1. The Bertz CT molecular complexity index is 1480. The minimum atomic E-state index is -0.888. The Morgan fingerprint density at radius 3 is 2.52 bits per heavy atom. The molecule has 2 aromatic rings. The van der Waals surface area contributed by atoms with Crippen LogP contribution < -0.4 is 14.8 Å². The highest BCUT2D eigenvalue weighted by Gasteiger charge is 2.55. The van der Waals surface area contributed by atoms with Crippen molar-refractivity contribution in [1.29, 1.82) is 0 Å². The number of carbonyl (C=O) groups is 3. The lowest BCUT2D eigenvalue weighted by atomic mass is 9.85. The summed E-state index contributed by atoms with van der Waals surface area (Å²) in [4.78, 5) is 52.2. The molecule has 238 valence electrons. The van der Waals surface area contributed by atoms with Crippen LogP contribution in [0.5, 0.6) is 11.6 Å². The smallest absolute Gasteiger partial charge is 0.408 e. The van der Waals surface area contributed by atoms with Crippen LogP contribution in [0, 0.1) is 17.3 Å². The van der Waals surface area contributed by atoms with Crippen LogP contribution in [0.4, 0.5) is 4.79 Å². The van der Waals surface area contributed by atoms with Crippen molar-refractivity contribution in [3.63, 3.8) is 0 Å².